The van der Waals surface area contributed by atoms with Gasteiger partial charge in [-0.1, -0.05) is 13.3 Å². The summed E-state index contributed by atoms with van der Waals surface area (Å²) in [6, 6.07) is -0.792. The Bertz CT molecular complexity index is 127. The molecule has 0 aromatic heterocycles. The Morgan fingerprint density at radius 2 is 2.09 bits per heavy atom. The predicted molar refractivity (Wildman–Crippen MR) is 44.9 cm³/mol. The Morgan fingerprint density at radius 3 is 2.45 bits per heavy atom. The van der Waals surface area contributed by atoms with Crippen molar-refractivity contribution in [3.8, 4) is 0 Å². The zero-order chi connectivity index (χ0) is 8.85. The lowest BCUT2D eigenvalue weighted by molar-refractivity contribution is -0.122. The van der Waals surface area contributed by atoms with Crippen molar-refractivity contribution in [3.63, 3.8) is 0 Å². The van der Waals surface area contributed by atoms with Gasteiger partial charge in [0, 0.05) is 13.1 Å². The van der Waals surface area contributed by atoms with E-state index in [4.69, 9.17) is 11.5 Å². The molecule has 0 aromatic rings. The standard InChI is InChI=1S/C7H17N3O/c1-3-4-5(8)6(9)7(11)10-2/h5-6H,3-4,8-9H2,1-2H3,(H,10,11). The third-order valence-electron chi connectivity index (χ3n) is 1.63. The summed E-state index contributed by atoms with van der Waals surface area (Å²) < 4.78 is 0. The van der Waals surface area contributed by atoms with Crippen LogP contribution in [0.1, 0.15) is 19.8 Å². The average Bonchev–Trinajstić information content (AvgIpc) is 2.02. The van der Waals surface area contributed by atoms with Gasteiger partial charge in [0.1, 0.15) is 0 Å². The fraction of sp³-hybridized carbons (Fsp3) is 0.857. The number of amides is 1. The van der Waals surface area contributed by atoms with Crippen LogP contribution < -0.4 is 16.8 Å². The van der Waals surface area contributed by atoms with Crippen molar-refractivity contribution in [2.45, 2.75) is 31.8 Å². The molecule has 0 fully saturated rings. The summed E-state index contributed by atoms with van der Waals surface area (Å²) in [6.45, 7) is 2.01. The normalized spacial score (nSPS) is 15.6. The first-order valence-electron chi connectivity index (χ1n) is 3.86. The molecular weight excluding hydrogens is 142 g/mol. The molecule has 11 heavy (non-hydrogen) atoms. The number of nitrogens with one attached hydrogen (secondary N) is 1. The van der Waals surface area contributed by atoms with E-state index >= 15 is 0 Å². The second kappa shape index (κ2) is 5.09. The molecule has 0 saturated carbocycles. The summed E-state index contributed by atoms with van der Waals surface area (Å²) in [4.78, 5) is 10.9. The lowest BCUT2D eigenvalue weighted by atomic mass is 10.0. The first-order chi connectivity index (χ1) is 5.13. The van der Waals surface area contributed by atoms with Crippen molar-refractivity contribution in [1.29, 1.82) is 0 Å². The molecule has 66 valence electrons. The minimum absolute atomic E-state index is 0.189. The summed E-state index contributed by atoms with van der Waals surface area (Å²) in [7, 11) is 1.56. The number of carbonyl (C=O) groups excluding carboxylic acids is 1. The smallest absolute Gasteiger partial charge is 0.238 e. The van der Waals surface area contributed by atoms with Crippen molar-refractivity contribution in [3.05, 3.63) is 0 Å². The van der Waals surface area contributed by atoms with E-state index in [2.05, 4.69) is 5.32 Å². The van der Waals surface area contributed by atoms with Gasteiger partial charge in [0.15, 0.2) is 0 Å². The van der Waals surface area contributed by atoms with Crippen molar-refractivity contribution in [2.24, 2.45) is 11.5 Å². The van der Waals surface area contributed by atoms with Gasteiger partial charge in [0.2, 0.25) is 5.91 Å². The molecule has 5 N–H and O–H groups in total. The van der Waals surface area contributed by atoms with Gasteiger partial charge >= 0.3 is 0 Å². The van der Waals surface area contributed by atoms with E-state index in [0.29, 0.717) is 0 Å². The Hall–Kier alpha value is -0.610. The SMILES string of the molecule is CCCC(N)C(N)C(=O)NC. The highest BCUT2D eigenvalue weighted by Gasteiger charge is 2.18. The number of nitrogens with two attached hydrogens (primary N) is 2. The largest absolute Gasteiger partial charge is 0.358 e. The van der Waals surface area contributed by atoms with E-state index in [9.17, 15) is 4.79 Å². The van der Waals surface area contributed by atoms with Gasteiger partial charge in [-0.05, 0) is 6.42 Å². The minimum atomic E-state index is -0.569. The second-order valence-electron chi connectivity index (χ2n) is 2.59. The van der Waals surface area contributed by atoms with Crippen LogP contribution in [0.15, 0.2) is 0 Å². The zero-order valence-corrected chi connectivity index (χ0v) is 7.13. The second-order valence-corrected chi connectivity index (χ2v) is 2.59. The molecule has 1 amide bonds. The van der Waals surface area contributed by atoms with Gasteiger partial charge in [0.25, 0.3) is 0 Å². The van der Waals surface area contributed by atoms with Crippen molar-refractivity contribution < 1.29 is 4.79 Å². The van der Waals surface area contributed by atoms with Gasteiger partial charge in [-0.3, -0.25) is 4.79 Å². The number of hydrogen-bond donors (Lipinski definition) is 3. The summed E-state index contributed by atoms with van der Waals surface area (Å²) >= 11 is 0. The maximum atomic E-state index is 10.9. The maximum Gasteiger partial charge on any atom is 0.238 e. The fourth-order valence-corrected chi connectivity index (χ4v) is 0.874. The van der Waals surface area contributed by atoms with Crippen LogP contribution in [0.3, 0.4) is 0 Å². The van der Waals surface area contributed by atoms with Crippen LogP contribution in [0.4, 0.5) is 0 Å². The molecule has 0 rings (SSSR count). The molecule has 0 aliphatic carbocycles. The first-order valence-corrected chi connectivity index (χ1v) is 3.86. The molecule has 0 radical (unpaired) electrons. The Balaban J connectivity index is 3.80. The predicted octanol–water partition coefficient (Wildman–Crippen LogP) is -0.813. The Labute approximate surface area is 67.3 Å². The van der Waals surface area contributed by atoms with Crippen LogP contribution >= 0.6 is 0 Å². The van der Waals surface area contributed by atoms with Crippen LogP contribution in [-0.4, -0.2) is 25.0 Å². The number of likely N-dealkylation sites (N-methyl/N-ethyl adjacent to an activating group) is 1. The molecule has 0 heterocycles. The van der Waals surface area contributed by atoms with Crippen LogP contribution in [0.25, 0.3) is 0 Å². The highest BCUT2D eigenvalue weighted by molar-refractivity contribution is 5.81. The molecule has 0 saturated heterocycles. The van der Waals surface area contributed by atoms with Crippen LogP contribution in [0.5, 0.6) is 0 Å². The molecule has 2 unspecified atom stereocenters. The number of rotatable bonds is 4. The van der Waals surface area contributed by atoms with Gasteiger partial charge in [-0.15, -0.1) is 0 Å². The van der Waals surface area contributed by atoms with Crippen LogP contribution in [0.2, 0.25) is 0 Å². The van der Waals surface area contributed by atoms with Crippen molar-refractivity contribution in [1.82, 2.24) is 5.32 Å². The molecular formula is C7H17N3O. The molecule has 4 heteroatoms. The third-order valence-corrected chi connectivity index (χ3v) is 1.63. The molecule has 2 atom stereocenters. The van der Waals surface area contributed by atoms with Gasteiger partial charge in [-0.2, -0.15) is 0 Å². The highest BCUT2D eigenvalue weighted by atomic mass is 16.2. The molecule has 0 aliphatic heterocycles. The highest BCUT2D eigenvalue weighted by Crippen LogP contribution is 1.96. The molecule has 0 spiro atoms. The first kappa shape index (κ1) is 10.4. The lowest BCUT2D eigenvalue weighted by Gasteiger charge is -2.16. The Kier molecular flexibility index (Phi) is 4.81. The van der Waals surface area contributed by atoms with E-state index in [0.717, 1.165) is 12.8 Å². The van der Waals surface area contributed by atoms with Gasteiger partial charge in [0.05, 0.1) is 6.04 Å². The van der Waals surface area contributed by atoms with Gasteiger partial charge in [-0.25, -0.2) is 0 Å². The molecule has 0 bridgehead atoms. The lowest BCUT2D eigenvalue weighted by Crippen LogP contribution is -2.51. The fourth-order valence-electron chi connectivity index (χ4n) is 0.874. The van der Waals surface area contributed by atoms with Crippen molar-refractivity contribution in [2.75, 3.05) is 7.05 Å². The van der Waals surface area contributed by atoms with E-state index in [1.807, 2.05) is 6.92 Å². The van der Waals surface area contributed by atoms with E-state index < -0.39 is 6.04 Å². The molecule has 0 aromatic carbocycles. The Morgan fingerprint density at radius 1 is 1.55 bits per heavy atom. The van der Waals surface area contributed by atoms with Crippen LogP contribution in [0, 0.1) is 0 Å². The third kappa shape index (κ3) is 3.34. The quantitative estimate of drug-likeness (QED) is 0.501. The molecule has 0 aliphatic rings. The molecule has 4 nitrogen and oxygen atoms in total. The van der Waals surface area contributed by atoms with Gasteiger partial charge < -0.3 is 16.8 Å². The van der Waals surface area contributed by atoms with Crippen molar-refractivity contribution >= 4 is 5.91 Å². The summed E-state index contributed by atoms with van der Waals surface area (Å²) in [5, 5.41) is 2.46. The maximum absolute atomic E-state index is 10.9. The zero-order valence-electron chi connectivity index (χ0n) is 7.13. The number of carbonyl (C=O) groups is 1. The van der Waals surface area contributed by atoms with E-state index in [1.54, 1.807) is 7.05 Å². The van der Waals surface area contributed by atoms with E-state index in [1.165, 1.54) is 0 Å². The number of hydrogen-bond acceptors (Lipinski definition) is 3. The van der Waals surface area contributed by atoms with Crippen LogP contribution in [-0.2, 0) is 4.79 Å². The average molecular weight is 159 g/mol. The summed E-state index contributed by atoms with van der Waals surface area (Å²) in [5.41, 5.74) is 11.1. The summed E-state index contributed by atoms with van der Waals surface area (Å²) in [6.07, 6.45) is 1.74. The monoisotopic (exact) mass is 159 g/mol. The topological polar surface area (TPSA) is 81.1 Å². The summed E-state index contributed by atoms with van der Waals surface area (Å²) in [5.74, 6) is -0.189. The van der Waals surface area contributed by atoms with E-state index in [-0.39, 0.29) is 11.9 Å². The minimum Gasteiger partial charge on any atom is -0.358 e.